The molecule has 0 fully saturated rings. The lowest BCUT2D eigenvalue weighted by atomic mass is 9.95. The Bertz CT molecular complexity index is 1130. The zero-order valence-electron chi connectivity index (χ0n) is 17.2. The number of thiophene rings is 1. The maximum atomic E-state index is 13.1. The predicted molar refractivity (Wildman–Crippen MR) is 125 cm³/mol. The summed E-state index contributed by atoms with van der Waals surface area (Å²) < 4.78 is 5.16. The third-order valence-corrected chi connectivity index (χ3v) is 6.77. The first kappa shape index (κ1) is 21.4. The Morgan fingerprint density at radius 1 is 1.26 bits per heavy atom. The van der Waals surface area contributed by atoms with Crippen LogP contribution in [0.1, 0.15) is 44.8 Å². The van der Waals surface area contributed by atoms with E-state index in [4.69, 9.17) is 16.3 Å². The van der Waals surface area contributed by atoms with Crippen LogP contribution in [-0.2, 0) is 19.4 Å². The topological polar surface area (TPSA) is 70.9 Å². The van der Waals surface area contributed by atoms with Crippen LogP contribution in [0.5, 0.6) is 11.5 Å². The van der Waals surface area contributed by atoms with Crippen molar-refractivity contribution in [2.45, 2.75) is 32.2 Å². The summed E-state index contributed by atoms with van der Waals surface area (Å²) in [5.41, 5.74) is 3.52. The van der Waals surface area contributed by atoms with Crippen LogP contribution in [0.2, 0.25) is 5.02 Å². The highest BCUT2D eigenvalue weighted by molar-refractivity contribution is 7.16. The summed E-state index contributed by atoms with van der Waals surface area (Å²) in [7, 11) is 1.47. The van der Waals surface area contributed by atoms with Gasteiger partial charge in [-0.25, -0.2) is 4.99 Å². The number of phenols is 1. The molecule has 5 nitrogen and oxygen atoms in total. The Labute approximate surface area is 190 Å². The molecule has 3 aromatic rings. The Kier molecular flexibility index (Phi) is 6.59. The molecular formula is C24H23ClN2O3S. The van der Waals surface area contributed by atoms with E-state index < -0.39 is 0 Å². The second-order valence-electron chi connectivity index (χ2n) is 7.37. The van der Waals surface area contributed by atoms with Crippen molar-refractivity contribution in [3.63, 3.8) is 0 Å². The number of aromatic hydroxyl groups is 1. The van der Waals surface area contributed by atoms with Crippen molar-refractivity contribution in [2.75, 3.05) is 7.11 Å². The molecule has 4 rings (SSSR count). The van der Waals surface area contributed by atoms with Crippen LogP contribution in [0.25, 0.3) is 0 Å². The van der Waals surface area contributed by atoms with Gasteiger partial charge in [-0.2, -0.15) is 0 Å². The monoisotopic (exact) mass is 454 g/mol. The van der Waals surface area contributed by atoms with Gasteiger partial charge < -0.3 is 15.2 Å². The minimum absolute atomic E-state index is 0.100. The zero-order valence-corrected chi connectivity index (χ0v) is 18.7. The van der Waals surface area contributed by atoms with Crippen molar-refractivity contribution in [2.24, 2.45) is 4.99 Å². The minimum atomic E-state index is -0.103. The highest BCUT2D eigenvalue weighted by Crippen LogP contribution is 2.40. The van der Waals surface area contributed by atoms with E-state index in [1.807, 2.05) is 30.3 Å². The Balaban J connectivity index is 1.63. The number of carbonyl (C=O) groups is 1. The van der Waals surface area contributed by atoms with Crippen molar-refractivity contribution in [1.82, 2.24) is 5.32 Å². The number of hydrogen-bond acceptors (Lipinski definition) is 5. The van der Waals surface area contributed by atoms with Crippen molar-refractivity contribution in [1.29, 1.82) is 0 Å². The molecule has 7 heteroatoms. The third-order valence-electron chi connectivity index (χ3n) is 5.28. The van der Waals surface area contributed by atoms with Crippen LogP contribution in [0.3, 0.4) is 0 Å². The van der Waals surface area contributed by atoms with Crippen molar-refractivity contribution >= 4 is 40.1 Å². The standard InChI is InChI=1S/C24H23ClN2O3S/c1-30-19-12-16(11-18(25)22(19)28)14-27-24-21(17-9-5-6-10-20(17)31-24)23(29)26-13-15-7-3-2-4-8-15/h2-4,7-8,11-12,14,28H,5-6,9-10,13H2,1H3,(H,26,29)/b27-14+. The Hall–Kier alpha value is -2.83. The summed E-state index contributed by atoms with van der Waals surface area (Å²) in [6.45, 7) is 0.470. The number of rotatable bonds is 6. The fraction of sp³-hybridized carbons (Fsp3) is 0.250. The Morgan fingerprint density at radius 3 is 2.81 bits per heavy atom. The molecule has 2 aromatic carbocycles. The average molecular weight is 455 g/mol. The molecule has 0 spiro atoms. The summed E-state index contributed by atoms with van der Waals surface area (Å²) in [5.74, 6) is 0.0749. The van der Waals surface area contributed by atoms with Gasteiger partial charge in [0.15, 0.2) is 11.5 Å². The molecule has 160 valence electrons. The molecule has 0 aliphatic heterocycles. The van der Waals surface area contributed by atoms with E-state index in [9.17, 15) is 9.90 Å². The molecule has 1 amide bonds. The highest BCUT2D eigenvalue weighted by Gasteiger charge is 2.25. The van der Waals surface area contributed by atoms with E-state index in [-0.39, 0.29) is 22.4 Å². The smallest absolute Gasteiger partial charge is 0.254 e. The largest absolute Gasteiger partial charge is 0.503 e. The number of nitrogens with one attached hydrogen (secondary N) is 1. The number of aryl methyl sites for hydroxylation is 1. The zero-order chi connectivity index (χ0) is 21.8. The molecule has 1 heterocycles. The quantitative estimate of drug-likeness (QED) is 0.471. The Morgan fingerprint density at radius 2 is 2.03 bits per heavy atom. The molecule has 0 unspecified atom stereocenters. The molecular weight excluding hydrogens is 432 g/mol. The first-order chi connectivity index (χ1) is 15.1. The molecule has 2 N–H and O–H groups in total. The number of methoxy groups -OCH3 is 1. The average Bonchev–Trinajstić information content (AvgIpc) is 3.17. The molecule has 1 aromatic heterocycles. The van der Waals surface area contributed by atoms with Gasteiger partial charge in [0.2, 0.25) is 0 Å². The van der Waals surface area contributed by atoms with Crippen LogP contribution in [0, 0.1) is 0 Å². The fourth-order valence-corrected chi connectivity index (χ4v) is 5.15. The van der Waals surface area contributed by atoms with E-state index in [1.54, 1.807) is 29.7 Å². The maximum Gasteiger partial charge on any atom is 0.254 e. The van der Waals surface area contributed by atoms with E-state index in [0.717, 1.165) is 36.8 Å². The summed E-state index contributed by atoms with van der Waals surface area (Å²) in [5, 5.41) is 13.9. The van der Waals surface area contributed by atoms with Crippen LogP contribution < -0.4 is 10.1 Å². The van der Waals surface area contributed by atoms with Gasteiger partial charge in [-0.1, -0.05) is 41.9 Å². The van der Waals surface area contributed by atoms with Gasteiger partial charge in [0.05, 0.1) is 17.7 Å². The van der Waals surface area contributed by atoms with Crippen molar-refractivity contribution < 1.29 is 14.6 Å². The van der Waals surface area contributed by atoms with Crippen LogP contribution in [0.15, 0.2) is 47.5 Å². The molecule has 31 heavy (non-hydrogen) atoms. The molecule has 0 saturated heterocycles. The predicted octanol–water partition coefficient (Wildman–Crippen LogP) is 5.68. The van der Waals surface area contributed by atoms with Crippen LogP contribution in [-0.4, -0.2) is 24.3 Å². The summed E-state index contributed by atoms with van der Waals surface area (Å²) in [6.07, 6.45) is 5.74. The number of halogens is 1. The lowest BCUT2D eigenvalue weighted by Gasteiger charge is -2.12. The summed E-state index contributed by atoms with van der Waals surface area (Å²) in [4.78, 5) is 19.0. The molecule has 0 atom stereocenters. The number of benzene rings is 2. The van der Waals surface area contributed by atoms with Gasteiger partial charge in [-0.3, -0.25) is 4.79 Å². The second kappa shape index (κ2) is 9.54. The summed E-state index contributed by atoms with van der Waals surface area (Å²) >= 11 is 7.67. The molecule has 1 aliphatic rings. The lowest BCUT2D eigenvalue weighted by molar-refractivity contribution is 0.0951. The number of carbonyl (C=O) groups excluding carboxylic acids is 1. The second-order valence-corrected chi connectivity index (χ2v) is 8.86. The SMILES string of the molecule is COc1cc(/C=N/c2sc3c(c2C(=O)NCc2ccccc2)CCCC3)cc(Cl)c1O. The van der Waals surface area contributed by atoms with Crippen LogP contribution in [0.4, 0.5) is 5.00 Å². The van der Waals surface area contributed by atoms with E-state index in [0.29, 0.717) is 22.7 Å². The van der Waals surface area contributed by atoms with Crippen molar-refractivity contribution in [3.8, 4) is 11.5 Å². The van der Waals surface area contributed by atoms with Crippen LogP contribution >= 0.6 is 22.9 Å². The number of ether oxygens (including phenoxy) is 1. The van der Waals surface area contributed by atoms with Gasteiger partial charge in [-0.05, 0) is 54.5 Å². The number of nitrogens with zero attached hydrogens (tertiary/aromatic N) is 1. The van der Waals surface area contributed by atoms with Gasteiger partial charge in [0, 0.05) is 17.6 Å². The number of amides is 1. The third kappa shape index (κ3) is 4.75. The van der Waals surface area contributed by atoms with Gasteiger partial charge in [0.1, 0.15) is 5.00 Å². The molecule has 0 radical (unpaired) electrons. The fourth-order valence-electron chi connectivity index (χ4n) is 3.70. The van der Waals surface area contributed by atoms with E-state index in [1.165, 1.54) is 12.0 Å². The number of aliphatic imine (C=N–C) groups is 1. The van der Waals surface area contributed by atoms with E-state index in [2.05, 4.69) is 10.3 Å². The van der Waals surface area contributed by atoms with Gasteiger partial charge in [0.25, 0.3) is 5.91 Å². The maximum absolute atomic E-state index is 13.1. The van der Waals surface area contributed by atoms with Crippen molar-refractivity contribution in [3.05, 3.63) is 74.6 Å². The van der Waals surface area contributed by atoms with Gasteiger partial charge in [-0.15, -0.1) is 11.3 Å². The number of hydrogen-bond donors (Lipinski definition) is 2. The first-order valence-electron chi connectivity index (χ1n) is 10.1. The highest BCUT2D eigenvalue weighted by atomic mass is 35.5. The lowest BCUT2D eigenvalue weighted by Crippen LogP contribution is -2.24. The minimum Gasteiger partial charge on any atom is -0.503 e. The molecule has 1 aliphatic carbocycles. The molecule has 0 bridgehead atoms. The molecule has 0 saturated carbocycles. The normalized spacial score (nSPS) is 13.2. The summed E-state index contributed by atoms with van der Waals surface area (Å²) in [6, 6.07) is 13.1. The van der Waals surface area contributed by atoms with E-state index >= 15 is 0 Å². The number of phenolic OH excluding ortho intramolecular Hbond substituents is 1. The van der Waals surface area contributed by atoms with Gasteiger partial charge >= 0.3 is 0 Å². The number of fused-ring (bicyclic) bond motifs is 1. The first-order valence-corrected chi connectivity index (χ1v) is 11.3.